The molecule has 0 aliphatic carbocycles. The monoisotopic (exact) mass is 430 g/mol. The lowest BCUT2D eigenvalue weighted by Crippen LogP contribution is -2.64. The topological polar surface area (TPSA) is 98.7 Å². The molecule has 1 aromatic carbocycles. The summed E-state index contributed by atoms with van der Waals surface area (Å²) < 4.78 is 11.2. The maximum absolute atomic E-state index is 12.6. The maximum atomic E-state index is 12.6. The largest absolute Gasteiger partial charge is 0.494 e. The number of carbonyl (C=O) groups is 2. The van der Waals surface area contributed by atoms with Gasteiger partial charge in [0.15, 0.2) is 12.0 Å². The number of guanidine groups is 1. The molecule has 0 radical (unpaired) electrons. The summed E-state index contributed by atoms with van der Waals surface area (Å²) in [4.78, 5) is 35.2. The molecule has 31 heavy (non-hydrogen) atoms. The Labute approximate surface area is 182 Å². The molecule has 2 atom stereocenters. The van der Waals surface area contributed by atoms with Gasteiger partial charge in [0.05, 0.1) is 26.4 Å². The predicted octanol–water partition coefficient (Wildman–Crippen LogP) is -0.0748. The molecule has 3 aliphatic heterocycles. The van der Waals surface area contributed by atoms with Crippen molar-refractivity contribution >= 4 is 17.9 Å². The summed E-state index contributed by atoms with van der Waals surface area (Å²) >= 11 is 0. The van der Waals surface area contributed by atoms with Crippen molar-refractivity contribution in [2.75, 3.05) is 59.6 Å². The van der Waals surface area contributed by atoms with Crippen LogP contribution in [-0.4, -0.2) is 104 Å². The predicted molar refractivity (Wildman–Crippen MR) is 115 cm³/mol. The minimum atomic E-state index is -0.512. The van der Waals surface area contributed by atoms with Crippen LogP contribution in [0.25, 0.3) is 0 Å². The summed E-state index contributed by atoms with van der Waals surface area (Å²) in [6, 6.07) is 8.73. The van der Waals surface area contributed by atoms with Crippen LogP contribution in [0.5, 0.6) is 5.75 Å². The second-order valence-electron chi connectivity index (χ2n) is 7.81. The van der Waals surface area contributed by atoms with E-state index in [0.717, 1.165) is 38.6 Å². The average Bonchev–Trinajstić information content (AvgIpc) is 3.16. The summed E-state index contributed by atoms with van der Waals surface area (Å²) in [5.41, 5.74) is 0. The zero-order valence-corrected chi connectivity index (χ0v) is 17.8. The van der Waals surface area contributed by atoms with Gasteiger partial charge in [-0.2, -0.15) is 0 Å². The fraction of sp³-hybridized carbons (Fsp3) is 0.571. The van der Waals surface area contributed by atoms with Crippen molar-refractivity contribution < 1.29 is 19.1 Å². The number of hydrogen-bond acceptors (Lipinski definition) is 6. The Hall–Kier alpha value is -2.85. The third-order valence-electron chi connectivity index (χ3n) is 5.76. The zero-order valence-electron chi connectivity index (χ0n) is 17.8. The Kier molecular flexibility index (Phi) is 6.88. The van der Waals surface area contributed by atoms with Gasteiger partial charge >= 0.3 is 6.03 Å². The van der Waals surface area contributed by atoms with E-state index in [4.69, 9.17) is 14.5 Å². The second kappa shape index (κ2) is 9.97. The van der Waals surface area contributed by atoms with Crippen molar-refractivity contribution in [2.45, 2.75) is 18.6 Å². The number of amides is 3. The molecule has 2 unspecified atom stereocenters. The number of nitrogens with zero attached hydrogens (tertiary/aromatic N) is 4. The van der Waals surface area contributed by atoms with Crippen LogP contribution in [0.4, 0.5) is 4.79 Å². The highest BCUT2D eigenvalue weighted by Crippen LogP contribution is 2.21. The highest BCUT2D eigenvalue weighted by molar-refractivity contribution is 6.04. The van der Waals surface area contributed by atoms with Crippen molar-refractivity contribution in [3.63, 3.8) is 0 Å². The first kappa shape index (κ1) is 21.4. The van der Waals surface area contributed by atoms with Gasteiger partial charge in [-0.25, -0.2) is 4.79 Å². The summed E-state index contributed by atoms with van der Waals surface area (Å²) in [6.07, 6.45) is 0.283. The molecule has 3 heterocycles. The molecule has 3 fully saturated rings. The van der Waals surface area contributed by atoms with Gasteiger partial charge in [0, 0.05) is 33.2 Å². The lowest BCUT2D eigenvalue weighted by Gasteiger charge is -2.35. The van der Waals surface area contributed by atoms with Crippen molar-refractivity contribution in [3.8, 4) is 5.75 Å². The zero-order chi connectivity index (χ0) is 21.6. The Morgan fingerprint density at radius 1 is 1.16 bits per heavy atom. The molecule has 0 spiro atoms. The lowest BCUT2D eigenvalue weighted by atomic mass is 10.1. The van der Waals surface area contributed by atoms with Gasteiger partial charge < -0.3 is 24.6 Å². The van der Waals surface area contributed by atoms with Crippen molar-refractivity contribution in [1.82, 2.24) is 25.3 Å². The number of urea groups is 1. The number of hydrogen-bond donors (Lipinski definition) is 2. The number of para-hydroxylation sites is 1. The normalized spacial score (nSPS) is 25.4. The van der Waals surface area contributed by atoms with E-state index >= 15 is 0 Å². The van der Waals surface area contributed by atoms with Crippen molar-refractivity contribution in [2.24, 2.45) is 4.99 Å². The molecule has 0 saturated carbocycles. The molecule has 0 bridgehead atoms. The molecule has 1 aromatic rings. The van der Waals surface area contributed by atoms with Crippen LogP contribution in [0.15, 0.2) is 35.3 Å². The molecule has 0 aromatic heterocycles. The van der Waals surface area contributed by atoms with E-state index in [2.05, 4.69) is 15.5 Å². The number of likely N-dealkylation sites (N-methyl/N-ethyl adjacent to an activating group) is 1. The van der Waals surface area contributed by atoms with Crippen LogP contribution in [-0.2, 0) is 9.53 Å². The number of nitrogens with one attached hydrogen (secondary N) is 2. The Morgan fingerprint density at radius 3 is 2.71 bits per heavy atom. The smallest absolute Gasteiger partial charge is 0.325 e. The van der Waals surface area contributed by atoms with Crippen LogP contribution in [0.3, 0.4) is 0 Å². The van der Waals surface area contributed by atoms with E-state index in [1.807, 2.05) is 35.2 Å². The van der Waals surface area contributed by atoms with Crippen molar-refractivity contribution in [1.29, 1.82) is 0 Å². The summed E-state index contributed by atoms with van der Waals surface area (Å²) in [6.45, 7) is 5.86. The van der Waals surface area contributed by atoms with Crippen LogP contribution >= 0.6 is 0 Å². The van der Waals surface area contributed by atoms with Gasteiger partial charge in [-0.3, -0.25) is 20.0 Å². The van der Waals surface area contributed by atoms with E-state index in [-0.39, 0.29) is 5.91 Å². The number of carbonyl (C=O) groups excluding carboxylic acids is 2. The third kappa shape index (κ3) is 5.08. The molecule has 3 aliphatic rings. The fourth-order valence-corrected chi connectivity index (χ4v) is 4.03. The molecular formula is C21H30N6O4. The third-order valence-corrected chi connectivity index (χ3v) is 5.76. The quantitative estimate of drug-likeness (QED) is 0.557. The summed E-state index contributed by atoms with van der Waals surface area (Å²) in [5.74, 6) is 1.17. The molecule has 10 nitrogen and oxygen atoms in total. The SMILES string of the molecule is CN1C(=O)NC(=O)C2C1NC(=NCCN1CCOCC1)N2CCCOc1ccccc1. The minimum absolute atomic E-state index is 0.303. The van der Waals surface area contributed by atoms with Gasteiger partial charge in [0.25, 0.3) is 5.91 Å². The Balaban J connectivity index is 1.39. The van der Waals surface area contributed by atoms with Gasteiger partial charge in [-0.1, -0.05) is 18.2 Å². The number of fused-ring (bicyclic) bond motifs is 1. The number of morpholine rings is 1. The molecule has 10 heteroatoms. The number of benzene rings is 1. The molecule has 168 valence electrons. The second-order valence-corrected chi connectivity index (χ2v) is 7.81. The molecule has 3 saturated heterocycles. The number of ether oxygens (including phenoxy) is 2. The maximum Gasteiger partial charge on any atom is 0.325 e. The van der Waals surface area contributed by atoms with Gasteiger partial charge in [-0.15, -0.1) is 0 Å². The van der Waals surface area contributed by atoms with E-state index in [1.54, 1.807) is 7.05 Å². The van der Waals surface area contributed by atoms with E-state index in [9.17, 15) is 9.59 Å². The Bertz CT molecular complexity index is 798. The van der Waals surface area contributed by atoms with Gasteiger partial charge in [0.1, 0.15) is 11.9 Å². The van der Waals surface area contributed by atoms with Crippen LogP contribution in [0.1, 0.15) is 6.42 Å². The summed E-state index contributed by atoms with van der Waals surface area (Å²) in [7, 11) is 1.68. The van der Waals surface area contributed by atoms with Crippen LogP contribution < -0.4 is 15.4 Å². The van der Waals surface area contributed by atoms with Crippen molar-refractivity contribution in [3.05, 3.63) is 30.3 Å². The standard InChI is InChI=1S/C21H30N6O4/c1-25-18-17(19(28)24-21(25)29)27(9-5-13-31-16-6-3-2-4-7-16)20(23-18)22-8-10-26-11-14-30-15-12-26/h2-4,6-7,17-18H,5,8-15H2,1H3,(H,22,23)(H,24,28,29). The van der Waals surface area contributed by atoms with E-state index in [0.29, 0.717) is 32.1 Å². The first-order valence-corrected chi connectivity index (χ1v) is 10.8. The molecule has 4 rings (SSSR count). The fourth-order valence-electron chi connectivity index (χ4n) is 4.03. The van der Waals surface area contributed by atoms with E-state index in [1.165, 1.54) is 4.90 Å². The Morgan fingerprint density at radius 2 is 1.94 bits per heavy atom. The highest BCUT2D eigenvalue weighted by Gasteiger charge is 2.49. The van der Waals surface area contributed by atoms with Gasteiger partial charge in [-0.05, 0) is 18.6 Å². The highest BCUT2D eigenvalue weighted by atomic mass is 16.5. The van der Waals surface area contributed by atoms with Gasteiger partial charge in [0.2, 0.25) is 0 Å². The summed E-state index contributed by atoms with van der Waals surface area (Å²) in [5, 5.41) is 5.72. The number of imide groups is 1. The molecule has 2 N–H and O–H groups in total. The number of rotatable bonds is 8. The average molecular weight is 431 g/mol. The number of aliphatic imine (C=N–C) groups is 1. The molecular weight excluding hydrogens is 400 g/mol. The van der Waals surface area contributed by atoms with Crippen LogP contribution in [0, 0.1) is 0 Å². The first-order chi connectivity index (χ1) is 15.1. The first-order valence-electron chi connectivity index (χ1n) is 10.8. The van der Waals surface area contributed by atoms with Crippen LogP contribution in [0.2, 0.25) is 0 Å². The van der Waals surface area contributed by atoms with E-state index < -0.39 is 18.2 Å². The lowest BCUT2D eigenvalue weighted by molar-refractivity contribution is -0.127. The molecule has 3 amide bonds. The minimum Gasteiger partial charge on any atom is -0.494 e.